The number of nitrogens with one attached hydrogen (secondary N) is 1. The van der Waals surface area contributed by atoms with Gasteiger partial charge in [0, 0.05) is 0 Å². The van der Waals surface area contributed by atoms with E-state index in [2.05, 4.69) is 12.2 Å². The smallest absolute Gasteiger partial charge is 0.290 e. The van der Waals surface area contributed by atoms with Crippen molar-refractivity contribution in [2.24, 2.45) is 0 Å². The van der Waals surface area contributed by atoms with Gasteiger partial charge in [0.1, 0.15) is 0 Å². The largest absolute Gasteiger partial charge is 0.504 e. The molecule has 0 saturated carbocycles. The van der Waals surface area contributed by atoms with E-state index in [4.69, 9.17) is 4.74 Å². The molecule has 1 heterocycles. The predicted octanol–water partition coefficient (Wildman–Crippen LogP) is 2.90. The highest BCUT2D eigenvalue weighted by Crippen LogP contribution is 2.30. The average Bonchev–Trinajstić information content (AvgIpc) is 2.72. The third kappa shape index (κ3) is 3.54. The van der Waals surface area contributed by atoms with Gasteiger partial charge in [0.15, 0.2) is 11.5 Å². The SMILES string of the molecule is CCCCOc1cc(/C=C2/SC(=O)NC2=O)ccc1O. The number of hydrogen-bond donors (Lipinski definition) is 2. The molecule has 106 valence electrons. The van der Waals surface area contributed by atoms with E-state index in [-0.39, 0.29) is 11.0 Å². The zero-order valence-electron chi connectivity index (χ0n) is 11.0. The van der Waals surface area contributed by atoms with Gasteiger partial charge in [-0.1, -0.05) is 19.4 Å². The first-order valence-electron chi connectivity index (χ1n) is 6.31. The molecule has 5 nitrogen and oxygen atoms in total. The Kier molecular flexibility index (Phi) is 4.68. The fraction of sp³-hybridized carbons (Fsp3) is 0.286. The molecule has 0 radical (unpaired) electrons. The molecule has 20 heavy (non-hydrogen) atoms. The third-order valence-electron chi connectivity index (χ3n) is 2.68. The molecule has 1 saturated heterocycles. The predicted molar refractivity (Wildman–Crippen MR) is 77.6 cm³/mol. The van der Waals surface area contributed by atoms with Gasteiger partial charge in [0.2, 0.25) is 0 Å². The summed E-state index contributed by atoms with van der Waals surface area (Å²) in [6.07, 6.45) is 3.50. The molecule has 1 fully saturated rings. The number of carbonyl (C=O) groups is 2. The normalized spacial score (nSPS) is 16.6. The molecule has 2 amide bonds. The Labute approximate surface area is 121 Å². The van der Waals surface area contributed by atoms with Crippen LogP contribution >= 0.6 is 11.8 Å². The van der Waals surface area contributed by atoms with Gasteiger partial charge < -0.3 is 9.84 Å². The van der Waals surface area contributed by atoms with Crippen LogP contribution in [-0.4, -0.2) is 22.9 Å². The van der Waals surface area contributed by atoms with Gasteiger partial charge in [-0.3, -0.25) is 14.9 Å². The number of carbonyl (C=O) groups excluding carboxylic acids is 2. The molecule has 1 aliphatic heterocycles. The highest BCUT2D eigenvalue weighted by atomic mass is 32.2. The maximum Gasteiger partial charge on any atom is 0.290 e. The highest BCUT2D eigenvalue weighted by molar-refractivity contribution is 8.18. The summed E-state index contributed by atoms with van der Waals surface area (Å²) in [5.41, 5.74) is 0.696. The highest BCUT2D eigenvalue weighted by Gasteiger charge is 2.24. The first-order valence-corrected chi connectivity index (χ1v) is 7.12. The molecular formula is C14H15NO4S. The van der Waals surface area contributed by atoms with E-state index in [0.29, 0.717) is 22.8 Å². The quantitative estimate of drug-likeness (QED) is 0.645. The van der Waals surface area contributed by atoms with E-state index in [1.165, 1.54) is 6.07 Å². The van der Waals surface area contributed by atoms with Crippen LogP contribution in [0.4, 0.5) is 4.79 Å². The summed E-state index contributed by atoms with van der Waals surface area (Å²) in [5.74, 6) is 0.0342. The maximum absolute atomic E-state index is 11.5. The number of phenols is 1. The van der Waals surface area contributed by atoms with Crippen LogP contribution < -0.4 is 10.1 Å². The molecule has 0 bridgehead atoms. The number of unbranched alkanes of at least 4 members (excludes halogenated alkanes) is 1. The summed E-state index contributed by atoms with van der Waals surface area (Å²) < 4.78 is 5.48. The van der Waals surface area contributed by atoms with Crippen LogP contribution in [0.1, 0.15) is 25.3 Å². The van der Waals surface area contributed by atoms with Crippen LogP contribution in [0.15, 0.2) is 23.1 Å². The molecule has 2 N–H and O–H groups in total. The molecular weight excluding hydrogens is 278 g/mol. The number of rotatable bonds is 5. The van der Waals surface area contributed by atoms with Crippen molar-refractivity contribution < 1.29 is 19.4 Å². The topological polar surface area (TPSA) is 75.6 Å². The number of ether oxygens (including phenoxy) is 1. The molecule has 2 rings (SSSR count). The zero-order chi connectivity index (χ0) is 14.5. The lowest BCUT2D eigenvalue weighted by molar-refractivity contribution is -0.115. The van der Waals surface area contributed by atoms with Crippen molar-refractivity contribution in [2.45, 2.75) is 19.8 Å². The monoisotopic (exact) mass is 293 g/mol. The van der Waals surface area contributed by atoms with Gasteiger partial charge in [0.25, 0.3) is 11.1 Å². The molecule has 0 spiro atoms. The number of benzene rings is 1. The van der Waals surface area contributed by atoms with E-state index in [1.54, 1.807) is 18.2 Å². The van der Waals surface area contributed by atoms with Crippen molar-refractivity contribution in [3.8, 4) is 11.5 Å². The minimum Gasteiger partial charge on any atom is -0.504 e. The summed E-state index contributed by atoms with van der Waals surface area (Å²) >= 11 is 0.858. The zero-order valence-corrected chi connectivity index (χ0v) is 11.8. The second-order valence-electron chi connectivity index (χ2n) is 4.28. The first-order chi connectivity index (χ1) is 9.60. The summed E-state index contributed by atoms with van der Waals surface area (Å²) in [6, 6.07) is 4.81. The molecule has 1 aromatic carbocycles. The Morgan fingerprint density at radius 1 is 1.40 bits per heavy atom. The molecule has 1 aromatic rings. The number of imide groups is 1. The number of phenolic OH excluding ortho intramolecular Hbond substituents is 1. The minimum atomic E-state index is -0.401. The molecule has 1 aliphatic rings. The van der Waals surface area contributed by atoms with Crippen LogP contribution in [0.3, 0.4) is 0 Å². The van der Waals surface area contributed by atoms with Crippen LogP contribution in [0.2, 0.25) is 0 Å². The molecule has 0 atom stereocenters. The molecule has 0 aromatic heterocycles. The second-order valence-corrected chi connectivity index (χ2v) is 5.30. The average molecular weight is 293 g/mol. The van der Waals surface area contributed by atoms with Crippen molar-refractivity contribution in [1.29, 1.82) is 0 Å². The standard InChI is InChI=1S/C14H15NO4S/c1-2-3-6-19-11-7-9(4-5-10(11)16)8-12-13(17)15-14(18)20-12/h4-5,7-8,16H,2-3,6H2,1H3,(H,15,17,18)/b12-8+. The van der Waals surface area contributed by atoms with Gasteiger partial charge >= 0.3 is 0 Å². The molecule has 0 unspecified atom stereocenters. The maximum atomic E-state index is 11.5. The Hall–Kier alpha value is -1.95. The molecule has 0 aliphatic carbocycles. The lowest BCUT2D eigenvalue weighted by atomic mass is 10.2. The van der Waals surface area contributed by atoms with E-state index in [1.807, 2.05) is 0 Å². The number of thioether (sulfide) groups is 1. The Morgan fingerprint density at radius 2 is 2.20 bits per heavy atom. The summed E-state index contributed by atoms with van der Waals surface area (Å²) in [5, 5.41) is 11.5. The Morgan fingerprint density at radius 3 is 2.85 bits per heavy atom. The number of amides is 2. The Bertz CT molecular complexity index is 568. The summed E-state index contributed by atoms with van der Waals surface area (Å²) in [4.78, 5) is 22.9. The first kappa shape index (κ1) is 14.5. The van der Waals surface area contributed by atoms with Crippen LogP contribution in [0.5, 0.6) is 11.5 Å². The second kappa shape index (κ2) is 6.47. The van der Waals surface area contributed by atoms with Crippen molar-refractivity contribution in [3.05, 3.63) is 28.7 Å². The van der Waals surface area contributed by atoms with Crippen LogP contribution in [0.25, 0.3) is 6.08 Å². The van der Waals surface area contributed by atoms with Crippen molar-refractivity contribution in [1.82, 2.24) is 5.32 Å². The van der Waals surface area contributed by atoms with Crippen molar-refractivity contribution in [2.75, 3.05) is 6.61 Å². The van der Waals surface area contributed by atoms with Gasteiger partial charge in [-0.25, -0.2) is 0 Å². The summed E-state index contributed by atoms with van der Waals surface area (Å²) in [7, 11) is 0. The number of aromatic hydroxyl groups is 1. The van der Waals surface area contributed by atoms with E-state index >= 15 is 0 Å². The van der Waals surface area contributed by atoms with E-state index < -0.39 is 5.91 Å². The van der Waals surface area contributed by atoms with E-state index in [9.17, 15) is 14.7 Å². The van der Waals surface area contributed by atoms with Crippen LogP contribution in [0, 0.1) is 0 Å². The van der Waals surface area contributed by atoms with Gasteiger partial charge in [-0.2, -0.15) is 0 Å². The third-order valence-corrected chi connectivity index (χ3v) is 3.49. The summed E-state index contributed by atoms with van der Waals surface area (Å²) in [6.45, 7) is 2.58. The number of hydrogen-bond acceptors (Lipinski definition) is 5. The van der Waals surface area contributed by atoms with Gasteiger partial charge in [-0.05, 0) is 42.0 Å². The fourth-order valence-electron chi connectivity index (χ4n) is 1.63. The van der Waals surface area contributed by atoms with Gasteiger partial charge in [-0.15, -0.1) is 0 Å². The Balaban J connectivity index is 2.16. The van der Waals surface area contributed by atoms with Crippen molar-refractivity contribution >= 4 is 29.0 Å². The fourth-order valence-corrected chi connectivity index (χ4v) is 2.32. The van der Waals surface area contributed by atoms with E-state index in [0.717, 1.165) is 24.6 Å². The molecule has 6 heteroatoms. The van der Waals surface area contributed by atoms with Gasteiger partial charge in [0.05, 0.1) is 11.5 Å². The van der Waals surface area contributed by atoms with Crippen LogP contribution in [-0.2, 0) is 4.79 Å². The van der Waals surface area contributed by atoms with Crippen molar-refractivity contribution in [3.63, 3.8) is 0 Å². The minimum absolute atomic E-state index is 0.0582. The lowest BCUT2D eigenvalue weighted by Crippen LogP contribution is -2.17. The lowest BCUT2D eigenvalue weighted by Gasteiger charge is -2.08.